The molecule has 0 saturated carbocycles. The molecule has 1 N–H and O–H groups in total. The lowest BCUT2D eigenvalue weighted by Gasteiger charge is -2.10. The van der Waals surface area contributed by atoms with Crippen molar-refractivity contribution in [3.05, 3.63) is 58.4 Å². The molecule has 0 atom stereocenters. The van der Waals surface area contributed by atoms with Crippen LogP contribution in [0.4, 0.5) is 4.39 Å². The third kappa shape index (κ3) is 1.99. The summed E-state index contributed by atoms with van der Waals surface area (Å²) < 4.78 is 15.9. The van der Waals surface area contributed by atoms with Crippen LogP contribution in [0.3, 0.4) is 0 Å². The Morgan fingerprint density at radius 2 is 1.95 bits per heavy atom. The molecule has 6 nitrogen and oxygen atoms in total. The summed E-state index contributed by atoms with van der Waals surface area (Å²) >= 11 is 0. The number of hydrogen-bond acceptors (Lipinski definition) is 3. The molecule has 2 aromatic heterocycles. The number of fused-ring (bicyclic) bond motifs is 1. The molecule has 21 heavy (non-hydrogen) atoms. The molecule has 1 aromatic carbocycles. The third-order valence-electron chi connectivity index (χ3n) is 3.17. The van der Waals surface area contributed by atoms with Crippen molar-refractivity contribution < 1.29 is 14.3 Å². The Balaban J connectivity index is 2.46. The van der Waals surface area contributed by atoms with Crippen molar-refractivity contribution in [1.82, 2.24) is 14.1 Å². The lowest BCUT2D eigenvalue weighted by atomic mass is 10.2. The van der Waals surface area contributed by atoms with E-state index in [4.69, 9.17) is 5.11 Å². The van der Waals surface area contributed by atoms with Crippen LogP contribution in [0.2, 0.25) is 0 Å². The molecular formula is C14H10FN3O3. The maximum atomic E-state index is 13.0. The van der Waals surface area contributed by atoms with Gasteiger partial charge in [0.05, 0.1) is 12.0 Å². The zero-order valence-electron chi connectivity index (χ0n) is 10.9. The highest BCUT2D eigenvalue weighted by Gasteiger charge is 2.18. The Hall–Kier alpha value is -2.96. The highest BCUT2D eigenvalue weighted by atomic mass is 19.1. The SMILES string of the molecule is Cn1cnc2cc(C(=O)O)c(=O)n(-c3ccc(F)cc3)c21. The smallest absolute Gasteiger partial charge is 0.341 e. The van der Waals surface area contributed by atoms with Gasteiger partial charge in [-0.3, -0.25) is 9.36 Å². The van der Waals surface area contributed by atoms with Crippen LogP contribution in [0.5, 0.6) is 0 Å². The van der Waals surface area contributed by atoms with E-state index >= 15 is 0 Å². The summed E-state index contributed by atoms with van der Waals surface area (Å²) in [6.45, 7) is 0. The maximum Gasteiger partial charge on any atom is 0.341 e. The highest BCUT2D eigenvalue weighted by Crippen LogP contribution is 2.17. The lowest BCUT2D eigenvalue weighted by molar-refractivity contribution is 0.0695. The van der Waals surface area contributed by atoms with Gasteiger partial charge in [-0.15, -0.1) is 0 Å². The zero-order valence-corrected chi connectivity index (χ0v) is 10.9. The largest absolute Gasteiger partial charge is 0.477 e. The third-order valence-corrected chi connectivity index (χ3v) is 3.17. The predicted octanol–water partition coefficient (Wildman–Crippen LogP) is 1.56. The first-order valence-electron chi connectivity index (χ1n) is 6.05. The zero-order chi connectivity index (χ0) is 15.1. The van der Waals surface area contributed by atoms with Gasteiger partial charge in [0.15, 0.2) is 0 Å². The molecular weight excluding hydrogens is 277 g/mol. The molecule has 3 rings (SSSR count). The van der Waals surface area contributed by atoms with Gasteiger partial charge in [0.2, 0.25) is 0 Å². The number of aromatic carboxylic acids is 1. The van der Waals surface area contributed by atoms with Crippen LogP contribution in [0.25, 0.3) is 16.9 Å². The van der Waals surface area contributed by atoms with Gasteiger partial charge in [-0.25, -0.2) is 14.2 Å². The summed E-state index contributed by atoms with van der Waals surface area (Å²) in [6.07, 6.45) is 1.48. The van der Waals surface area contributed by atoms with Crippen molar-refractivity contribution in [2.24, 2.45) is 7.05 Å². The minimum atomic E-state index is -1.33. The van der Waals surface area contributed by atoms with Crippen LogP contribution < -0.4 is 5.56 Å². The molecule has 0 saturated heterocycles. The Morgan fingerprint density at radius 3 is 2.57 bits per heavy atom. The standard InChI is InChI=1S/C14H10FN3O3/c1-17-7-16-11-6-10(14(20)21)13(19)18(12(11)17)9-4-2-8(15)3-5-9/h2-7H,1H3,(H,20,21). The van der Waals surface area contributed by atoms with E-state index in [2.05, 4.69) is 4.98 Å². The molecule has 0 spiro atoms. The number of aryl methyl sites for hydroxylation is 1. The van der Waals surface area contributed by atoms with Crippen LogP contribution in [-0.4, -0.2) is 25.2 Å². The van der Waals surface area contributed by atoms with Gasteiger partial charge in [0, 0.05) is 7.05 Å². The first kappa shape index (κ1) is 13.0. The number of benzene rings is 1. The maximum absolute atomic E-state index is 13.0. The van der Waals surface area contributed by atoms with E-state index < -0.39 is 17.3 Å². The molecule has 0 fully saturated rings. The molecule has 0 aliphatic heterocycles. The van der Waals surface area contributed by atoms with E-state index in [-0.39, 0.29) is 5.56 Å². The second kappa shape index (κ2) is 4.55. The van der Waals surface area contributed by atoms with Crippen molar-refractivity contribution in [1.29, 1.82) is 0 Å². The topological polar surface area (TPSA) is 77.1 Å². The Bertz CT molecular complexity index is 910. The Kier molecular flexibility index (Phi) is 2.83. The number of rotatable bonds is 2. The average Bonchev–Trinajstić information content (AvgIpc) is 2.81. The van der Waals surface area contributed by atoms with E-state index in [9.17, 15) is 14.0 Å². The number of pyridine rings is 1. The first-order chi connectivity index (χ1) is 9.99. The summed E-state index contributed by atoms with van der Waals surface area (Å²) in [5, 5.41) is 9.14. The molecule has 7 heteroatoms. The molecule has 0 amide bonds. The van der Waals surface area contributed by atoms with E-state index in [0.717, 1.165) is 0 Å². The fraction of sp³-hybridized carbons (Fsp3) is 0.0714. The van der Waals surface area contributed by atoms with Crippen LogP contribution in [0, 0.1) is 5.82 Å². The number of halogens is 1. The van der Waals surface area contributed by atoms with E-state index in [0.29, 0.717) is 16.9 Å². The van der Waals surface area contributed by atoms with Gasteiger partial charge < -0.3 is 9.67 Å². The van der Waals surface area contributed by atoms with Crippen LogP contribution in [0.15, 0.2) is 41.5 Å². The quantitative estimate of drug-likeness (QED) is 0.776. The molecule has 106 valence electrons. The highest BCUT2D eigenvalue weighted by molar-refractivity contribution is 5.91. The second-order valence-corrected chi connectivity index (χ2v) is 4.54. The van der Waals surface area contributed by atoms with Gasteiger partial charge in [0.25, 0.3) is 5.56 Å². The molecule has 0 aliphatic carbocycles. The number of carboxylic acid groups (broad SMARTS) is 1. The molecule has 0 aliphatic rings. The number of aromatic nitrogens is 3. The molecule has 3 aromatic rings. The summed E-state index contributed by atoms with van der Waals surface area (Å²) in [4.78, 5) is 27.7. The molecule has 0 bridgehead atoms. The van der Waals surface area contributed by atoms with Gasteiger partial charge >= 0.3 is 5.97 Å². The van der Waals surface area contributed by atoms with Crippen LogP contribution >= 0.6 is 0 Å². The number of hydrogen-bond donors (Lipinski definition) is 1. The minimum Gasteiger partial charge on any atom is -0.477 e. The summed E-state index contributed by atoms with van der Waals surface area (Å²) in [6, 6.07) is 6.47. The van der Waals surface area contributed by atoms with Crippen molar-refractivity contribution in [2.75, 3.05) is 0 Å². The molecule has 0 radical (unpaired) electrons. The fourth-order valence-corrected chi connectivity index (χ4v) is 2.21. The van der Waals surface area contributed by atoms with Crippen molar-refractivity contribution in [3.63, 3.8) is 0 Å². The Morgan fingerprint density at radius 1 is 1.29 bits per heavy atom. The average molecular weight is 287 g/mol. The molecule has 2 heterocycles. The minimum absolute atomic E-state index is 0.373. The summed E-state index contributed by atoms with van der Waals surface area (Å²) in [5.41, 5.74) is 0.115. The predicted molar refractivity (Wildman–Crippen MR) is 73.2 cm³/mol. The van der Waals surface area contributed by atoms with Gasteiger partial charge in [0.1, 0.15) is 22.5 Å². The van der Waals surface area contributed by atoms with Crippen LogP contribution in [0.1, 0.15) is 10.4 Å². The number of carboxylic acids is 1. The normalized spacial score (nSPS) is 11.0. The van der Waals surface area contributed by atoms with Crippen molar-refractivity contribution in [3.8, 4) is 5.69 Å². The summed E-state index contributed by atoms with van der Waals surface area (Å²) in [7, 11) is 1.69. The molecule has 0 unspecified atom stereocenters. The van der Waals surface area contributed by atoms with E-state index in [1.807, 2.05) is 0 Å². The van der Waals surface area contributed by atoms with Gasteiger partial charge in [-0.05, 0) is 30.3 Å². The fourth-order valence-electron chi connectivity index (χ4n) is 2.21. The number of carbonyl (C=O) groups is 1. The lowest BCUT2D eigenvalue weighted by Crippen LogP contribution is -2.26. The van der Waals surface area contributed by atoms with E-state index in [1.165, 1.54) is 41.2 Å². The summed E-state index contributed by atoms with van der Waals surface area (Å²) in [5.74, 6) is -1.77. The second-order valence-electron chi connectivity index (χ2n) is 4.54. The Labute approximate surface area is 117 Å². The van der Waals surface area contributed by atoms with Gasteiger partial charge in [-0.2, -0.15) is 0 Å². The first-order valence-corrected chi connectivity index (χ1v) is 6.05. The van der Waals surface area contributed by atoms with Crippen molar-refractivity contribution >= 4 is 17.1 Å². The van der Waals surface area contributed by atoms with Gasteiger partial charge in [-0.1, -0.05) is 0 Å². The van der Waals surface area contributed by atoms with Crippen molar-refractivity contribution in [2.45, 2.75) is 0 Å². The monoisotopic (exact) mass is 287 g/mol. The van der Waals surface area contributed by atoms with E-state index in [1.54, 1.807) is 11.6 Å². The number of imidazole rings is 1. The van der Waals surface area contributed by atoms with Crippen LogP contribution in [-0.2, 0) is 7.05 Å². The number of nitrogens with zero attached hydrogens (tertiary/aromatic N) is 3.